The number of hydrogen-bond acceptors (Lipinski definition) is 2. The first-order chi connectivity index (χ1) is 9.91. The van der Waals surface area contributed by atoms with E-state index < -0.39 is 0 Å². The van der Waals surface area contributed by atoms with E-state index in [1.165, 1.54) is 0 Å². The molecule has 2 rings (SSSR count). The summed E-state index contributed by atoms with van der Waals surface area (Å²) in [5, 5.41) is 1.31. The Bertz CT molecular complexity index is 673. The van der Waals surface area contributed by atoms with E-state index in [-0.39, 0.29) is 6.04 Å². The fourth-order valence-electron chi connectivity index (χ4n) is 2.17. The molecule has 0 fully saturated rings. The van der Waals surface area contributed by atoms with Crippen LogP contribution in [-0.2, 0) is 0 Å². The molecular formula is C16H16Cl2N2S. The second kappa shape index (κ2) is 6.65. The fraction of sp³-hybridized carbons (Fsp3) is 0.188. The topological polar surface area (TPSA) is 29.3 Å². The Balaban J connectivity index is 2.32. The molecule has 0 aliphatic rings. The van der Waals surface area contributed by atoms with E-state index in [1.54, 1.807) is 0 Å². The van der Waals surface area contributed by atoms with Crippen molar-refractivity contribution in [1.29, 1.82) is 0 Å². The predicted molar refractivity (Wildman–Crippen MR) is 95.6 cm³/mol. The summed E-state index contributed by atoms with van der Waals surface area (Å²) in [7, 11) is 2.00. The highest BCUT2D eigenvalue weighted by Crippen LogP contribution is 2.31. The number of benzene rings is 2. The van der Waals surface area contributed by atoms with Gasteiger partial charge in [-0.15, -0.1) is 0 Å². The van der Waals surface area contributed by atoms with Gasteiger partial charge in [-0.3, -0.25) is 0 Å². The lowest BCUT2D eigenvalue weighted by Crippen LogP contribution is -2.22. The third-order valence-corrected chi connectivity index (χ3v) is 4.44. The number of anilines is 1. The van der Waals surface area contributed by atoms with Gasteiger partial charge in [-0.25, -0.2) is 0 Å². The third-order valence-electron chi connectivity index (χ3n) is 3.56. The summed E-state index contributed by atoms with van der Waals surface area (Å²) < 4.78 is 0. The van der Waals surface area contributed by atoms with Crippen LogP contribution in [0.25, 0.3) is 0 Å². The van der Waals surface area contributed by atoms with Crippen LogP contribution in [0.2, 0.25) is 10.0 Å². The van der Waals surface area contributed by atoms with E-state index >= 15 is 0 Å². The molecule has 0 radical (unpaired) electrons. The highest BCUT2D eigenvalue weighted by Gasteiger charge is 2.16. The monoisotopic (exact) mass is 338 g/mol. The van der Waals surface area contributed by atoms with Crippen LogP contribution in [0.15, 0.2) is 42.5 Å². The Morgan fingerprint density at radius 2 is 1.81 bits per heavy atom. The van der Waals surface area contributed by atoms with Crippen LogP contribution in [0.4, 0.5) is 5.69 Å². The SMILES string of the molecule is CC(c1ccccc1Cl)N(C)c1ccc(C(N)=S)c(Cl)c1. The normalized spacial score (nSPS) is 12.0. The average molecular weight is 339 g/mol. The summed E-state index contributed by atoms with van der Waals surface area (Å²) in [6.45, 7) is 2.09. The molecule has 2 nitrogen and oxygen atoms in total. The van der Waals surface area contributed by atoms with E-state index in [0.29, 0.717) is 15.6 Å². The van der Waals surface area contributed by atoms with Gasteiger partial charge in [0.15, 0.2) is 0 Å². The fourth-order valence-corrected chi connectivity index (χ4v) is 2.97. The molecule has 0 spiro atoms. The Morgan fingerprint density at radius 3 is 2.38 bits per heavy atom. The number of halogens is 2. The van der Waals surface area contributed by atoms with Crippen molar-refractivity contribution in [3.63, 3.8) is 0 Å². The van der Waals surface area contributed by atoms with Crippen LogP contribution in [0.5, 0.6) is 0 Å². The molecule has 0 saturated heterocycles. The van der Waals surface area contributed by atoms with Crippen LogP contribution in [0.3, 0.4) is 0 Å². The lowest BCUT2D eigenvalue weighted by molar-refractivity contribution is 0.740. The number of rotatable bonds is 4. The zero-order chi connectivity index (χ0) is 15.6. The predicted octanol–water partition coefficient (Wildman–Crippen LogP) is 4.83. The summed E-state index contributed by atoms with van der Waals surface area (Å²) in [6.07, 6.45) is 0. The zero-order valence-electron chi connectivity index (χ0n) is 11.8. The van der Waals surface area contributed by atoms with Gasteiger partial charge in [-0.1, -0.05) is 53.6 Å². The zero-order valence-corrected chi connectivity index (χ0v) is 14.1. The molecule has 0 aromatic heterocycles. The van der Waals surface area contributed by atoms with Gasteiger partial charge >= 0.3 is 0 Å². The van der Waals surface area contributed by atoms with Crippen molar-refractivity contribution in [2.45, 2.75) is 13.0 Å². The van der Waals surface area contributed by atoms with E-state index in [4.69, 9.17) is 41.2 Å². The Hall–Kier alpha value is -1.29. The summed E-state index contributed by atoms with van der Waals surface area (Å²) >= 11 is 17.5. The molecule has 5 heteroatoms. The molecule has 0 amide bonds. The van der Waals surface area contributed by atoms with Crippen molar-refractivity contribution < 1.29 is 0 Å². The summed E-state index contributed by atoms with van der Waals surface area (Å²) in [5.74, 6) is 0. The number of thiocarbonyl (C=S) groups is 1. The van der Waals surface area contributed by atoms with E-state index in [2.05, 4.69) is 11.8 Å². The third kappa shape index (κ3) is 3.49. The second-order valence-electron chi connectivity index (χ2n) is 4.84. The van der Waals surface area contributed by atoms with Crippen molar-refractivity contribution in [3.05, 3.63) is 63.6 Å². The molecule has 2 aromatic rings. The summed E-state index contributed by atoms with van der Waals surface area (Å²) in [5.41, 5.74) is 8.36. The number of nitrogens with zero attached hydrogens (tertiary/aromatic N) is 1. The maximum Gasteiger partial charge on any atom is 0.105 e. The molecule has 21 heavy (non-hydrogen) atoms. The second-order valence-corrected chi connectivity index (χ2v) is 6.09. The maximum absolute atomic E-state index is 6.26. The highest BCUT2D eigenvalue weighted by atomic mass is 35.5. The van der Waals surface area contributed by atoms with Gasteiger partial charge in [0.25, 0.3) is 0 Å². The minimum absolute atomic E-state index is 0.116. The summed E-state index contributed by atoms with van der Waals surface area (Å²) in [6, 6.07) is 13.6. The average Bonchev–Trinajstić information content (AvgIpc) is 2.45. The van der Waals surface area contributed by atoms with Crippen LogP contribution >= 0.6 is 35.4 Å². The highest BCUT2D eigenvalue weighted by molar-refractivity contribution is 7.80. The van der Waals surface area contributed by atoms with E-state index in [1.807, 2.05) is 49.5 Å². The van der Waals surface area contributed by atoms with Crippen LogP contribution in [0.1, 0.15) is 24.1 Å². The first kappa shape index (κ1) is 16.1. The van der Waals surface area contributed by atoms with Gasteiger partial charge in [0.1, 0.15) is 4.99 Å². The smallest absolute Gasteiger partial charge is 0.105 e. The van der Waals surface area contributed by atoms with Crippen molar-refractivity contribution in [1.82, 2.24) is 0 Å². The van der Waals surface area contributed by atoms with Gasteiger partial charge in [-0.05, 0) is 36.8 Å². The molecule has 0 saturated carbocycles. The van der Waals surface area contributed by atoms with Gasteiger partial charge in [-0.2, -0.15) is 0 Å². The molecule has 1 unspecified atom stereocenters. The Kier molecular flexibility index (Phi) is 5.09. The first-order valence-corrected chi connectivity index (χ1v) is 7.65. The van der Waals surface area contributed by atoms with Crippen LogP contribution < -0.4 is 10.6 Å². The molecule has 2 aromatic carbocycles. The molecule has 0 heterocycles. The van der Waals surface area contributed by atoms with Crippen LogP contribution in [0, 0.1) is 0 Å². The Labute approximate surface area is 140 Å². The van der Waals surface area contributed by atoms with Crippen molar-refractivity contribution in [2.24, 2.45) is 5.73 Å². The van der Waals surface area contributed by atoms with Crippen molar-refractivity contribution in [3.8, 4) is 0 Å². The minimum Gasteiger partial charge on any atom is -0.389 e. The van der Waals surface area contributed by atoms with Crippen molar-refractivity contribution >= 4 is 46.1 Å². The quantitative estimate of drug-likeness (QED) is 0.810. The molecule has 1 atom stereocenters. The van der Waals surface area contributed by atoms with E-state index in [0.717, 1.165) is 16.3 Å². The summed E-state index contributed by atoms with van der Waals surface area (Å²) in [4.78, 5) is 2.41. The number of hydrogen-bond donors (Lipinski definition) is 1. The molecule has 2 N–H and O–H groups in total. The molecule has 0 aliphatic heterocycles. The Morgan fingerprint density at radius 1 is 1.14 bits per heavy atom. The largest absolute Gasteiger partial charge is 0.389 e. The van der Waals surface area contributed by atoms with Gasteiger partial charge in [0.2, 0.25) is 0 Å². The molecule has 110 valence electrons. The van der Waals surface area contributed by atoms with Crippen molar-refractivity contribution in [2.75, 3.05) is 11.9 Å². The van der Waals surface area contributed by atoms with Crippen LogP contribution in [-0.4, -0.2) is 12.0 Å². The molecule has 0 aliphatic carbocycles. The lowest BCUT2D eigenvalue weighted by Gasteiger charge is -2.28. The standard InChI is InChI=1S/C16H16Cl2N2S/c1-10(12-5-3-4-6-14(12)17)20(2)11-7-8-13(16(19)21)15(18)9-11/h3-10H,1-2H3,(H2,19,21). The molecule has 0 bridgehead atoms. The van der Waals surface area contributed by atoms with Gasteiger partial charge in [0, 0.05) is 23.3 Å². The number of nitrogens with two attached hydrogens (primary N) is 1. The van der Waals surface area contributed by atoms with E-state index in [9.17, 15) is 0 Å². The maximum atomic E-state index is 6.26. The molecular weight excluding hydrogens is 323 g/mol. The van der Waals surface area contributed by atoms with Gasteiger partial charge < -0.3 is 10.6 Å². The van der Waals surface area contributed by atoms with Gasteiger partial charge in [0.05, 0.1) is 11.1 Å². The lowest BCUT2D eigenvalue weighted by atomic mass is 10.1. The minimum atomic E-state index is 0.116. The first-order valence-electron chi connectivity index (χ1n) is 6.48.